The SMILES string of the molecule is Cc1cc2c(c3c1C(=O)/C(=C/c1ccc(F)cc1)O3)CN(CCN1CCOCC1)CO2. The minimum atomic E-state index is -0.316. The highest BCUT2D eigenvalue weighted by Crippen LogP contribution is 2.44. The van der Waals surface area contributed by atoms with Crippen LogP contribution < -0.4 is 9.47 Å². The van der Waals surface area contributed by atoms with Gasteiger partial charge in [-0.3, -0.25) is 14.6 Å². The number of rotatable bonds is 4. The predicted molar refractivity (Wildman–Crippen MR) is 114 cm³/mol. The minimum absolute atomic E-state index is 0.148. The Hall–Kier alpha value is -2.74. The third-order valence-electron chi connectivity index (χ3n) is 5.99. The van der Waals surface area contributed by atoms with E-state index in [4.69, 9.17) is 14.2 Å². The van der Waals surface area contributed by atoms with Crippen LogP contribution in [0.1, 0.15) is 27.0 Å². The molecule has 0 amide bonds. The van der Waals surface area contributed by atoms with Crippen LogP contribution in [0.4, 0.5) is 4.39 Å². The zero-order valence-electron chi connectivity index (χ0n) is 17.5. The van der Waals surface area contributed by atoms with Crippen molar-refractivity contribution < 1.29 is 23.4 Å². The van der Waals surface area contributed by atoms with E-state index >= 15 is 0 Å². The van der Waals surface area contributed by atoms with E-state index < -0.39 is 0 Å². The molecule has 0 aromatic heterocycles. The molecule has 0 aliphatic carbocycles. The molecule has 1 fully saturated rings. The van der Waals surface area contributed by atoms with E-state index in [1.807, 2.05) is 13.0 Å². The Labute approximate surface area is 180 Å². The van der Waals surface area contributed by atoms with Crippen molar-refractivity contribution in [3.05, 3.63) is 64.2 Å². The van der Waals surface area contributed by atoms with Gasteiger partial charge in [0.1, 0.15) is 24.0 Å². The molecular weight excluding hydrogens is 399 g/mol. The summed E-state index contributed by atoms with van der Waals surface area (Å²) >= 11 is 0. The second-order valence-corrected chi connectivity index (χ2v) is 8.15. The van der Waals surface area contributed by atoms with Gasteiger partial charge in [-0.1, -0.05) is 12.1 Å². The third kappa shape index (κ3) is 4.08. The zero-order chi connectivity index (χ0) is 21.4. The summed E-state index contributed by atoms with van der Waals surface area (Å²) in [4.78, 5) is 17.7. The van der Waals surface area contributed by atoms with Crippen LogP contribution in [0.5, 0.6) is 11.5 Å². The van der Waals surface area contributed by atoms with Crippen LogP contribution in [0.2, 0.25) is 0 Å². The monoisotopic (exact) mass is 424 g/mol. The van der Waals surface area contributed by atoms with Crippen molar-refractivity contribution in [3.8, 4) is 11.5 Å². The first kappa shape index (κ1) is 20.2. The average molecular weight is 424 g/mol. The highest BCUT2D eigenvalue weighted by Gasteiger charge is 2.35. The van der Waals surface area contributed by atoms with Crippen LogP contribution in [0.15, 0.2) is 36.1 Å². The van der Waals surface area contributed by atoms with Crippen molar-refractivity contribution in [2.45, 2.75) is 13.5 Å². The Bertz CT molecular complexity index is 1030. The van der Waals surface area contributed by atoms with Crippen LogP contribution >= 0.6 is 0 Å². The molecule has 0 spiro atoms. The molecule has 6 nitrogen and oxygen atoms in total. The van der Waals surface area contributed by atoms with E-state index in [-0.39, 0.29) is 17.4 Å². The molecule has 5 rings (SSSR count). The molecule has 2 aromatic rings. The lowest BCUT2D eigenvalue weighted by molar-refractivity contribution is 0.0239. The molecule has 2 aromatic carbocycles. The number of allylic oxidation sites excluding steroid dienone is 1. The van der Waals surface area contributed by atoms with Crippen molar-refractivity contribution >= 4 is 11.9 Å². The first-order valence-electron chi connectivity index (χ1n) is 10.6. The number of hydrogen-bond donors (Lipinski definition) is 0. The topological polar surface area (TPSA) is 51.2 Å². The van der Waals surface area contributed by atoms with Crippen molar-refractivity contribution in [1.29, 1.82) is 0 Å². The largest absolute Gasteiger partial charge is 0.478 e. The second kappa shape index (κ2) is 8.42. The van der Waals surface area contributed by atoms with Crippen LogP contribution in [0.3, 0.4) is 0 Å². The van der Waals surface area contributed by atoms with Crippen LogP contribution in [-0.4, -0.2) is 61.7 Å². The van der Waals surface area contributed by atoms with Gasteiger partial charge in [0.25, 0.3) is 0 Å². The van der Waals surface area contributed by atoms with Gasteiger partial charge >= 0.3 is 0 Å². The Morgan fingerprint density at radius 2 is 1.84 bits per heavy atom. The van der Waals surface area contributed by atoms with E-state index in [2.05, 4.69) is 9.80 Å². The first-order chi connectivity index (χ1) is 15.1. The fourth-order valence-corrected chi connectivity index (χ4v) is 4.24. The van der Waals surface area contributed by atoms with E-state index in [0.717, 1.165) is 56.3 Å². The molecule has 31 heavy (non-hydrogen) atoms. The van der Waals surface area contributed by atoms with E-state index in [1.165, 1.54) is 12.1 Å². The average Bonchev–Trinajstić information content (AvgIpc) is 3.12. The van der Waals surface area contributed by atoms with Gasteiger partial charge in [0.05, 0.1) is 24.3 Å². The predicted octanol–water partition coefficient (Wildman–Crippen LogP) is 3.23. The second-order valence-electron chi connectivity index (χ2n) is 8.15. The molecule has 0 radical (unpaired) electrons. The van der Waals surface area contributed by atoms with Gasteiger partial charge in [-0.25, -0.2) is 4.39 Å². The highest BCUT2D eigenvalue weighted by molar-refractivity contribution is 6.15. The molecule has 1 saturated heterocycles. The minimum Gasteiger partial charge on any atom is -0.478 e. The zero-order valence-corrected chi connectivity index (χ0v) is 17.5. The number of ether oxygens (including phenoxy) is 3. The maximum atomic E-state index is 13.2. The standard InChI is InChI=1S/C24H25FN2O4/c1-16-12-20-19(14-27(15-30-20)7-6-26-8-10-29-11-9-26)24-22(16)23(28)21(31-24)13-17-2-4-18(25)5-3-17/h2-5,12-13H,6-11,14-15H2,1H3/b21-13-. The molecule has 3 heterocycles. The number of hydrogen-bond acceptors (Lipinski definition) is 6. The lowest BCUT2D eigenvalue weighted by atomic mass is 9.98. The molecule has 0 unspecified atom stereocenters. The summed E-state index contributed by atoms with van der Waals surface area (Å²) < 4.78 is 30.7. The molecule has 0 saturated carbocycles. The molecule has 3 aliphatic heterocycles. The number of fused-ring (bicyclic) bond motifs is 3. The van der Waals surface area contributed by atoms with Crippen LogP contribution in [-0.2, 0) is 11.3 Å². The first-order valence-corrected chi connectivity index (χ1v) is 10.6. The number of halogens is 1. The Balaban J connectivity index is 1.37. The summed E-state index contributed by atoms with van der Waals surface area (Å²) in [5.41, 5.74) is 3.05. The van der Waals surface area contributed by atoms with E-state index in [0.29, 0.717) is 30.2 Å². The number of Topliss-reactive ketones (excluding diaryl/α,β-unsaturated/α-hetero) is 1. The van der Waals surface area contributed by atoms with Crippen LogP contribution in [0.25, 0.3) is 6.08 Å². The Morgan fingerprint density at radius 1 is 1.10 bits per heavy atom. The lowest BCUT2D eigenvalue weighted by Crippen LogP contribution is -2.43. The Kier molecular flexibility index (Phi) is 5.48. The molecule has 0 N–H and O–H groups in total. The van der Waals surface area contributed by atoms with Crippen LogP contribution in [0, 0.1) is 12.7 Å². The van der Waals surface area contributed by atoms with Gasteiger partial charge in [0.2, 0.25) is 5.78 Å². The molecule has 162 valence electrons. The van der Waals surface area contributed by atoms with Crippen molar-refractivity contribution in [2.75, 3.05) is 46.1 Å². The van der Waals surface area contributed by atoms with Crippen molar-refractivity contribution in [2.24, 2.45) is 0 Å². The number of nitrogens with zero attached hydrogens (tertiary/aromatic N) is 2. The summed E-state index contributed by atoms with van der Waals surface area (Å²) in [5.74, 6) is 1.15. The summed E-state index contributed by atoms with van der Waals surface area (Å²) in [6, 6.07) is 7.91. The number of ketones is 1. The molecule has 0 bridgehead atoms. The van der Waals surface area contributed by atoms with Gasteiger partial charge in [0.15, 0.2) is 5.76 Å². The van der Waals surface area contributed by atoms with Gasteiger partial charge in [-0.05, 0) is 42.3 Å². The summed E-state index contributed by atoms with van der Waals surface area (Å²) in [6.07, 6.45) is 1.66. The summed E-state index contributed by atoms with van der Waals surface area (Å²) in [5, 5.41) is 0. The number of aryl methyl sites for hydroxylation is 1. The molecule has 0 atom stereocenters. The maximum absolute atomic E-state index is 13.2. The Morgan fingerprint density at radius 3 is 2.61 bits per heavy atom. The fourth-order valence-electron chi connectivity index (χ4n) is 4.24. The van der Waals surface area contributed by atoms with Gasteiger partial charge < -0.3 is 14.2 Å². The molecule has 7 heteroatoms. The molecular formula is C24H25FN2O4. The molecule has 3 aliphatic rings. The maximum Gasteiger partial charge on any atom is 0.232 e. The smallest absolute Gasteiger partial charge is 0.232 e. The fraction of sp³-hybridized carbons (Fsp3) is 0.375. The highest BCUT2D eigenvalue weighted by atomic mass is 19.1. The quantitative estimate of drug-likeness (QED) is 0.703. The van der Waals surface area contributed by atoms with Gasteiger partial charge in [-0.2, -0.15) is 0 Å². The van der Waals surface area contributed by atoms with Crippen molar-refractivity contribution in [3.63, 3.8) is 0 Å². The normalized spacial score (nSPS) is 20.3. The van der Waals surface area contributed by atoms with Crippen molar-refractivity contribution in [1.82, 2.24) is 9.80 Å². The number of benzene rings is 2. The van der Waals surface area contributed by atoms with E-state index in [9.17, 15) is 9.18 Å². The van der Waals surface area contributed by atoms with E-state index in [1.54, 1.807) is 18.2 Å². The van der Waals surface area contributed by atoms with Gasteiger partial charge in [0, 0.05) is 32.7 Å². The number of carbonyl (C=O) groups is 1. The summed E-state index contributed by atoms with van der Waals surface area (Å²) in [6.45, 7) is 8.37. The third-order valence-corrected chi connectivity index (χ3v) is 5.99. The number of carbonyl (C=O) groups excluding carboxylic acids is 1. The number of morpholine rings is 1. The summed E-state index contributed by atoms with van der Waals surface area (Å²) in [7, 11) is 0. The lowest BCUT2D eigenvalue weighted by Gasteiger charge is -2.33. The van der Waals surface area contributed by atoms with Gasteiger partial charge in [-0.15, -0.1) is 0 Å².